The molecule has 1 N–H and O–H groups in total. The minimum Gasteiger partial charge on any atom is -0.495 e. The van der Waals surface area contributed by atoms with Crippen molar-refractivity contribution in [2.75, 3.05) is 23.3 Å². The van der Waals surface area contributed by atoms with Crippen molar-refractivity contribution in [3.8, 4) is 17.1 Å². The molecule has 0 amide bonds. The molecule has 1 saturated heterocycles. The van der Waals surface area contributed by atoms with Gasteiger partial charge in [0, 0.05) is 36.2 Å². The molecule has 32 heavy (non-hydrogen) atoms. The van der Waals surface area contributed by atoms with Crippen molar-refractivity contribution in [3.63, 3.8) is 0 Å². The predicted octanol–water partition coefficient (Wildman–Crippen LogP) is 4.58. The number of rotatable bonds is 5. The summed E-state index contributed by atoms with van der Waals surface area (Å²) in [5.74, 6) is 1.23. The van der Waals surface area contributed by atoms with E-state index < -0.39 is 10.0 Å². The summed E-state index contributed by atoms with van der Waals surface area (Å²) in [7, 11) is -2.43. The number of nitrogens with one attached hydrogen (secondary N) is 1. The van der Waals surface area contributed by atoms with Crippen LogP contribution in [0.3, 0.4) is 0 Å². The van der Waals surface area contributed by atoms with Crippen LogP contribution in [0.5, 0.6) is 5.75 Å². The fraction of sp³-hybridized carbons (Fsp3) is 0.375. The van der Waals surface area contributed by atoms with Crippen molar-refractivity contribution in [1.29, 1.82) is 0 Å². The zero-order valence-electron chi connectivity index (χ0n) is 18.1. The van der Waals surface area contributed by atoms with Crippen molar-refractivity contribution in [2.45, 2.75) is 49.0 Å². The van der Waals surface area contributed by atoms with Gasteiger partial charge in [-0.25, -0.2) is 8.42 Å². The van der Waals surface area contributed by atoms with Gasteiger partial charge in [-0.2, -0.15) is 0 Å². The monoisotopic (exact) mass is 453 g/mol. The molecule has 2 heterocycles. The second-order valence-electron chi connectivity index (χ2n) is 9.11. The van der Waals surface area contributed by atoms with E-state index >= 15 is 0 Å². The summed E-state index contributed by atoms with van der Waals surface area (Å²) in [6, 6.07) is 13.7. The van der Waals surface area contributed by atoms with Crippen LogP contribution in [0.15, 0.2) is 51.9 Å². The number of nitrogens with zero attached hydrogens (tertiary/aromatic N) is 2. The third-order valence-electron chi connectivity index (χ3n) is 7.22. The van der Waals surface area contributed by atoms with E-state index in [-0.39, 0.29) is 23.3 Å². The van der Waals surface area contributed by atoms with E-state index in [9.17, 15) is 8.42 Å². The summed E-state index contributed by atoms with van der Waals surface area (Å²) >= 11 is 0. The van der Waals surface area contributed by atoms with Gasteiger partial charge in [-0.05, 0) is 62.4 Å². The first-order valence-electron chi connectivity index (χ1n) is 11.0. The normalized spacial score (nSPS) is 20.3. The molecule has 0 bridgehead atoms. The number of sulfonamides is 1. The van der Waals surface area contributed by atoms with E-state index in [1.54, 1.807) is 18.2 Å². The van der Waals surface area contributed by atoms with Gasteiger partial charge in [0.05, 0.1) is 7.11 Å². The van der Waals surface area contributed by atoms with Crippen molar-refractivity contribution >= 4 is 21.5 Å². The second kappa shape index (κ2) is 6.75. The van der Waals surface area contributed by atoms with Gasteiger partial charge in [0.25, 0.3) is 10.0 Å². The summed E-state index contributed by atoms with van der Waals surface area (Å²) in [4.78, 5) is 2.46. The molecule has 2 aliphatic carbocycles. The number of ether oxygens (including phenoxy) is 1. The highest BCUT2D eigenvalue weighted by Crippen LogP contribution is 2.59. The summed E-state index contributed by atoms with van der Waals surface area (Å²) < 4.78 is 39.9. The third kappa shape index (κ3) is 2.85. The van der Waals surface area contributed by atoms with E-state index in [2.05, 4.69) is 39.9 Å². The Bertz CT molecular complexity index is 1330. The molecule has 8 heteroatoms. The number of anilines is 2. The average molecular weight is 454 g/mol. The molecular weight excluding hydrogens is 426 g/mol. The fourth-order valence-electron chi connectivity index (χ4n) is 5.08. The summed E-state index contributed by atoms with van der Waals surface area (Å²) in [5.41, 5.74) is 4.39. The van der Waals surface area contributed by atoms with E-state index in [0.29, 0.717) is 11.8 Å². The largest absolute Gasteiger partial charge is 0.495 e. The van der Waals surface area contributed by atoms with Crippen molar-refractivity contribution in [3.05, 3.63) is 53.6 Å². The highest BCUT2D eigenvalue weighted by Gasteiger charge is 2.50. The quantitative estimate of drug-likeness (QED) is 0.609. The number of para-hydroxylation sites is 1. The molecule has 1 aliphatic heterocycles. The van der Waals surface area contributed by atoms with Gasteiger partial charge < -0.3 is 14.2 Å². The first kappa shape index (κ1) is 19.7. The minimum absolute atomic E-state index is 0. The Morgan fingerprint density at radius 2 is 2.06 bits per heavy atom. The van der Waals surface area contributed by atoms with Gasteiger partial charge in [0.2, 0.25) is 0 Å². The van der Waals surface area contributed by atoms with Gasteiger partial charge >= 0.3 is 0 Å². The van der Waals surface area contributed by atoms with Crippen molar-refractivity contribution in [1.82, 2.24) is 5.16 Å². The lowest BCUT2D eigenvalue weighted by atomic mass is 9.79. The Labute approximate surface area is 188 Å². The zero-order valence-corrected chi connectivity index (χ0v) is 18.9. The Kier molecular flexibility index (Phi) is 4.15. The molecule has 168 valence electrons. The minimum atomic E-state index is -3.88. The van der Waals surface area contributed by atoms with Crippen molar-refractivity contribution in [2.24, 2.45) is 0 Å². The SMILES string of the molecule is COc1ccccc1S(=O)(=O)Nc1noc2c1CC1(CC1)c1ccc(N3CC[C@@H]3C)cc1-2.[HH]. The molecule has 6 rings (SSSR count). The van der Waals surface area contributed by atoms with Crippen LogP contribution in [0, 0.1) is 0 Å². The lowest BCUT2D eigenvalue weighted by Crippen LogP contribution is -2.45. The highest BCUT2D eigenvalue weighted by atomic mass is 32.2. The van der Waals surface area contributed by atoms with Gasteiger partial charge in [-0.1, -0.05) is 23.4 Å². The lowest BCUT2D eigenvalue weighted by molar-refractivity contribution is 0.403. The molecule has 2 fully saturated rings. The van der Waals surface area contributed by atoms with Crippen molar-refractivity contribution < 1.29 is 19.1 Å². The number of aromatic nitrogens is 1. The number of methoxy groups -OCH3 is 1. The van der Waals surface area contributed by atoms with Crippen LogP contribution in [-0.4, -0.2) is 33.3 Å². The van der Waals surface area contributed by atoms with Crippen LogP contribution < -0.4 is 14.4 Å². The molecule has 3 aromatic rings. The second-order valence-corrected chi connectivity index (χ2v) is 10.8. The molecule has 1 atom stereocenters. The lowest BCUT2D eigenvalue weighted by Gasteiger charge is -2.41. The van der Waals surface area contributed by atoms with E-state index in [1.807, 2.05) is 0 Å². The Hall–Kier alpha value is -3.00. The van der Waals surface area contributed by atoms with E-state index in [1.165, 1.54) is 30.8 Å². The molecule has 2 aromatic carbocycles. The van der Waals surface area contributed by atoms with Gasteiger partial charge in [-0.15, -0.1) is 0 Å². The number of fused-ring (bicyclic) bond motifs is 4. The van der Waals surface area contributed by atoms with Crippen LogP contribution in [0.2, 0.25) is 0 Å². The molecule has 1 saturated carbocycles. The standard InChI is InChI=1S/C24H25N3O4S.H2/c1-15-9-12-27(15)16-7-8-19-17(13-16)22-18(14-24(19)10-11-24)23(25-31-22)26-32(28,29)21-6-4-3-5-20(21)30-2;/h3-8,13,15H,9-12,14H2,1-2H3,(H,25,26);1H/t15-;/m0./s1. The molecule has 7 nitrogen and oxygen atoms in total. The van der Waals surface area contributed by atoms with Crippen LogP contribution in [-0.2, 0) is 21.9 Å². The predicted molar refractivity (Wildman–Crippen MR) is 124 cm³/mol. The van der Waals surface area contributed by atoms with Gasteiger partial charge in [0.1, 0.15) is 10.6 Å². The van der Waals surface area contributed by atoms with Crippen LogP contribution >= 0.6 is 0 Å². The van der Waals surface area contributed by atoms with E-state index in [0.717, 1.165) is 36.9 Å². The first-order chi connectivity index (χ1) is 15.4. The maximum Gasteiger partial charge on any atom is 0.266 e. The molecule has 1 aromatic heterocycles. The number of hydrogen-bond acceptors (Lipinski definition) is 6. The van der Waals surface area contributed by atoms with Gasteiger partial charge in [0.15, 0.2) is 11.6 Å². The topological polar surface area (TPSA) is 84.7 Å². The van der Waals surface area contributed by atoms with Gasteiger partial charge in [-0.3, -0.25) is 4.72 Å². The van der Waals surface area contributed by atoms with Crippen LogP contribution in [0.4, 0.5) is 11.5 Å². The number of hydrogen-bond donors (Lipinski definition) is 1. The molecule has 3 aliphatic rings. The summed E-state index contributed by atoms with van der Waals surface area (Å²) in [5, 5.41) is 4.16. The first-order valence-corrected chi connectivity index (χ1v) is 12.5. The van der Waals surface area contributed by atoms with E-state index in [4.69, 9.17) is 9.26 Å². The highest BCUT2D eigenvalue weighted by molar-refractivity contribution is 7.92. The van der Waals surface area contributed by atoms with Crippen LogP contribution in [0.25, 0.3) is 11.3 Å². The summed E-state index contributed by atoms with van der Waals surface area (Å²) in [6.07, 6.45) is 4.09. The Morgan fingerprint density at radius 3 is 2.75 bits per heavy atom. The Morgan fingerprint density at radius 1 is 1.25 bits per heavy atom. The average Bonchev–Trinajstić information content (AvgIpc) is 3.45. The maximum absolute atomic E-state index is 13.1. The van der Waals surface area contributed by atoms with Crippen LogP contribution in [0.1, 0.15) is 38.7 Å². The Balaban J connectivity index is 0.00000228. The summed E-state index contributed by atoms with van der Waals surface area (Å²) in [6.45, 7) is 3.29. The zero-order chi connectivity index (χ0) is 22.1. The third-order valence-corrected chi connectivity index (χ3v) is 8.60. The molecule has 1 spiro atoms. The number of benzene rings is 2. The fourth-order valence-corrected chi connectivity index (χ4v) is 6.28. The maximum atomic E-state index is 13.1. The smallest absolute Gasteiger partial charge is 0.266 e. The molecule has 0 radical (unpaired) electrons. The molecule has 0 unspecified atom stereocenters. The molecular formula is C24H27N3O4S.